The molecule has 0 unspecified atom stereocenters. The van der Waals surface area contributed by atoms with E-state index in [0.717, 1.165) is 50.9 Å². The van der Waals surface area contributed by atoms with Crippen molar-refractivity contribution < 1.29 is 14.2 Å². The van der Waals surface area contributed by atoms with Gasteiger partial charge in [-0.15, -0.1) is 0 Å². The molecule has 2 fully saturated rings. The predicted octanol–water partition coefficient (Wildman–Crippen LogP) is 1.22. The highest BCUT2D eigenvalue weighted by Crippen LogP contribution is 2.30. The summed E-state index contributed by atoms with van der Waals surface area (Å²) in [5.41, 5.74) is 0.932. The van der Waals surface area contributed by atoms with Gasteiger partial charge in [-0.1, -0.05) is 0 Å². The number of ketones is 1. The Bertz CT molecular complexity index is 435. The van der Waals surface area contributed by atoms with Gasteiger partial charge in [0.25, 0.3) is 5.91 Å². The van der Waals surface area contributed by atoms with Crippen LogP contribution in [0.15, 0.2) is 0 Å². The maximum atomic E-state index is 12.6. The monoisotopic (exact) mass is 263 g/mol. The van der Waals surface area contributed by atoms with Crippen molar-refractivity contribution in [1.82, 2.24) is 4.90 Å². The minimum absolute atomic E-state index is 0.0832. The van der Waals surface area contributed by atoms with Crippen LogP contribution in [0.3, 0.4) is 0 Å². The fraction of sp³-hybridized carbons (Fsp3) is 0.800. The summed E-state index contributed by atoms with van der Waals surface area (Å²) < 4.78 is 1.99. The maximum absolute atomic E-state index is 12.6. The molecule has 0 aromatic heterocycles. The summed E-state index contributed by atoms with van der Waals surface area (Å²) in [6, 6.07) is -0.0832. The number of Topliss-reactive ketones (excluding diaryl/α,β-unsaturated/α-hetero) is 1. The molecule has 3 aliphatic rings. The number of piperidine rings is 1. The van der Waals surface area contributed by atoms with Crippen LogP contribution in [0.4, 0.5) is 0 Å². The number of hydrogen-bond acceptors (Lipinski definition) is 2. The Morgan fingerprint density at radius 1 is 1.21 bits per heavy atom. The first-order valence-electron chi connectivity index (χ1n) is 7.60. The van der Waals surface area contributed by atoms with Gasteiger partial charge in [0.05, 0.1) is 5.92 Å². The van der Waals surface area contributed by atoms with Crippen LogP contribution >= 0.6 is 0 Å². The third-order valence-electron chi connectivity index (χ3n) is 4.94. The molecule has 0 aromatic rings. The van der Waals surface area contributed by atoms with Crippen LogP contribution in [-0.2, 0) is 9.59 Å². The molecule has 0 aromatic carbocycles. The van der Waals surface area contributed by atoms with Crippen molar-refractivity contribution in [3.8, 4) is 0 Å². The fourth-order valence-electron chi connectivity index (χ4n) is 3.90. The Hall–Kier alpha value is -1.19. The first-order chi connectivity index (χ1) is 9.18. The maximum Gasteiger partial charge on any atom is 0.291 e. The van der Waals surface area contributed by atoms with Gasteiger partial charge in [-0.2, -0.15) is 0 Å². The fourth-order valence-corrected chi connectivity index (χ4v) is 3.90. The molecule has 19 heavy (non-hydrogen) atoms. The molecule has 0 bridgehead atoms. The number of carbonyl (C=O) groups is 2. The molecule has 1 saturated heterocycles. The summed E-state index contributed by atoms with van der Waals surface area (Å²) in [6.45, 7) is 1.80. The lowest BCUT2D eigenvalue weighted by atomic mass is 9.85. The van der Waals surface area contributed by atoms with E-state index in [0.29, 0.717) is 12.3 Å². The number of likely N-dealkylation sites (tertiary alicyclic amines) is 1. The Morgan fingerprint density at radius 3 is 2.63 bits per heavy atom. The zero-order valence-electron chi connectivity index (χ0n) is 11.7. The minimum Gasteiger partial charge on any atom is -0.337 e. The standard InChI is InChI=1S/C15H23N2O2/c1-16-12(15(19)17-8-3-2-4-9-17)10-11-6-5-7-13(18)14(11)16/h11-12H,2-10H2,1H3/q+1/t11-,12-/m0/s1. The van der Waals surface area contributed by atoms with Crippen molar-refractivity contribution in [3.05, 3.63) is 0 Å². The molecular formula is C15H23N2O2+. The Kier molecular flexibility index (Phi) is 3.42. The number of rotatable bonds is 1. The van der Waals surface area contributed by atoms with Crippen LogP contribution in [0.1, 0.15) is 44.9 Å². The van der Waals surface area contributed by atoms with E-state index in [2.05, 4.69) is 0 Å². The molecule has 3 rings (SSSR count). The number of fused-ring (bicyclic) bond motifs is 1. The van der Waals surface area contributed by atoms with E-state index >= 15 is 0 Å². The molecule has 1 amide bonds. The van der Waals surface area contributed by atoms with E-state index in [1.165, 1.54) is 6.42 Å². The Morgan fingerprint density at radius 2 is 1.95 bits per heavy atom. The Labute approximate surface area is 114 Å². The van der Waals surface area contributed by atoms with Gasteiger partial charge in [-0.3, -0.25) is 9.59 Å². The van der Waals surface area contributed by atoms with Gasteiger partial charge in [-0.25, -0.2) is 4.58 Å². The molecule has 1 aliphatic carbocycles. The van der Waals surface area contributed by atoms with Crippen molar-refractivity contribution in [2.24, 2.45) is 5.92 Å². The first kappa shape index (κ1) is 12.8. The van der Waals surface area contributed by atoms with E-state index in [1.807, 2.05) is 16.5 Å². The lowest BCUT2D eigenvalue weighted by molar-refractivity contribution is -0.515. The molecule has 1 saturated carbocycles. The average molecular weight is 263 g/mol. The van der Waals surface area contributed by atoms with E-state index in [4.69, 9.17) is 0 Å². The van der Waals surface area contributed by atoms with Crippen LogP contribution in [0.2, 0.25) is 0 Å². The second kappa shape index (κ2) is 5.06. The lowest BCUT2D eigenvalue weighted by Gasteiger charge is -2.27. The highest BCUT2D eigenvalue weighted by Gasteiger charge is 2.48. The summed E-state index contributed by atoms with van der Waals surface area (Å²) in [4.78, 5) is 26.7. The van der Waals surface area contributed by atoms with Gasteiger partial charge in [0.1, 0.15) is 7.05 Å². The third-order valence-corrected chi connectivity index (χ3v) is 4.94. The zero-order valence-corrected chi connectivity index (χ0v) is 11.7. The Balaban J connectivity index is 1.79. The largest absolute Gasteiger partial charge is 0.337 e. The molecule has 0 radical (unpaired) electrons. The average Bonchev–Trinajstić information content (AvgIpc) is 2.78. The second-order valence-electron chi connectivity index (χ2n) is 6.15. The summed E-state index contributed by atoms with van der Waals surface area (Å²) in [5, 5.41) is 0. The van der Waals surface area contributed by atoms with Crippen LogP contribution in [0.5, 0.6) is 0 Å². The number of likely N-dealkylation sites (N-methyl/N-ethyl adjacent to an activating group) is 1. The molecule has 2 atom stereocenters. The minimum atomic E-state index is -0.0832. The van der Waals surface area contributed by atoms with Crippen molar-refractivity contribution in [2.45, 2.75) is 51.0 Å². The van der Waals surface area contributed by atoms with Crippen molar-refractivity contribution in [3.63, 3.8) is 0 Å². The second-order valence-corrected chi connectivity index (χ2v) is 6.15. The van der Waals surface area contributed by atoms with E-state index in [9.17, 15) is 9.59 Å². The van der Waals surface area contributed by atoms with Gasteiger partial charge in [0.2, 0.25) is 17.5 Å². The zero-order chi connectivity index (χ0) is 13.4. The van der Waals surface area contributed by atoms with Gasteiger partial charge in [-0.05, 0) is 32.1 Å². The van der Waals surface area contributed by atoms with E-state index in [-0.39, 0.29) is 17.7 Å². The number of amides is 1. The predicted molar refractivity (Wildman–Crippen MR) is 72.4 cm³/mol. The highest BCUT2D eigenvalue weighted by molar-refractivity contribution is 6.39. The molecule has 2 aliphatic heterocycles. The van der Waals surface area contributed by atoms with Crippen LogP contribution in [0.25, 0.3) is 0 Å². The van der Waals surface area contributed by atoms with E-state index < -0.39 is 0 Å². The van der Waals surface area contributed by atoms with Crippen molar-refractivity contribution in [2.75, 3.05) is 20.1 Å². The van der Waals surface area contributed by atoms with Crippen molar-refractivity contribution in [1.29, 1.82) is 0 Å². The molecule has 104 valence electrons. The lowest BCUT2D eigenvalue weighted by Crippen LogP contribution is -2.45. The topological polar surface area (TPSA) is 40.4 Å². The summed E-state index contributed by atoms with van der Waals surface area (Å²) in [6.07, 6.45) is 7.08. The third kappa shape index (κ3) is 2.21. The van der Waals surface area contributed by atoms with Crippen LogP contribution in [-0.4, -0.2) is 53.1 Å². The van der Waals surface area contributed by atoms with Crippen molar-refractivity contribution >= 4 is 17.4 Å². The van der Waals surface area contributed by atoms with Crippen LogP contribution < -0.4 is 0 Å². The number of nitrogens with zero attached hydrogens (tertiary/aromatic N) is 2. The number of carbonyl (C=O) groups excluding carboxylic acids is 2. The quantitative estimate of drug-likeness (QED) is 0.668. The molecule has 0 spiro atoms. The van der Waals surface area contributed by atoms with Gasteiger partial charge < -0.3 is 4.90 Å². The molecule has 4 heteroatoms. The van der Waals surface area contributed by atoms with E-state index in [1.54, 1.807) is 0 Å². The summed E-state index contributed by atoms with van der Waals surface area (Å²) in [5.74, 6) is 0.856. The summed E-state index contributed by atoms with van der Waals surface area (Å²) in [7, 11) is 1.94. The smallest absolute Gasteiger partial charge is 0.291 e. The molecule has 0 N–H and O–H groups in total. The molecule has 2 heterocycles. The molecule has 4 nitrogen and oxygen atoms in total. The highest BCUT2D eigenvalue weighted by atomic mass is 16.2. The first-order valence-corrected chi connectivity index (χ1v) is 7.60. The van der Waals surface area contributed by atoms with Crippen LogP contribution in [0, 0.1) is 5.92 Å². The summed E-state index contributed by atoms with van der Waals surface area (Å²) >= 11 is 0. The SMILES string of the molecule is C[N+]1=C2C(=O)CCC[C@H]2C[C@H]1C(=O)N1CCCCC1. The van der Waals surface area contributed by atoms with Gasteiger partial charge in [0, 0.05) is 25.9 Å². The number of hydrogen-bond donors (Lipinski definition) is 0. The normalized spacial score (nSPS) is 31.6. The van der Waals surface area contributed by atoms with Gasteiger partial charge >= 0.3 is 0 Å². The van der Waals surface area contributed by atoms with Gasteiger partial charge in [0.15, 0.2) is 0 Å². The molecular weight excluding hydrogens is 240 g/mol.